The number of carbonyl (C=O) groups is 1. The number of pyridine rings is 1. The number of carbonyl (C=O) groups excluding carboxylic acids is 1. The van der Waals surface area contributed by atoms with Crippen molar-refractivity contribution in [3.63, 3.8) is 0 Å². The second-order valence-electron chi connectivity index (χ2n) is 5.16. The Balaban J connectivity index is 1.89. The van der Waals surface area contributed by atoms with E-state index in [1.54, 1.807) is 25.4 Å². The number of hydrogen-bond acceptors (Lipinski definition) is 5. The predicted octanol–water partition coefficient (Wildman–Crippen LogP) is 1.55. The Morgan fingerprint density at radius 1 is 1.38 bits per heavy atom. The second kappa shape index (κ2) is 6.81. The highest BCUT2D eigenvalue weighted by Crippen LogP contribution is 2.26. The van der Waals surface area contributed by atoms with Gasteiger partial charge in [-0.05, 0) is 17.5 Å². The van der Waals surface area contributed by atoms with Crippen molar-refractivity contribution in [2.45, 2.75) is 6.54 Å². The smallest absolute Gasteiger partial charge is 0.257 e. The Morgan fingerprint density at radius 3 is 2.88 bits per heavy atom. The van der Waals surface area contributed by atoms with Crippen molar-refractivity contribution >= 4 is 23.1 Å². The van der Waals surface area contributed by atoms with Gasteiger partial charge in [0.05, 0.1) is 18.0 Å². The van der Waals surface area contributed by atoms with Gasteiger partial charge in [-0.2, -0.15) is 5.10 Å². The summed E-state index contributed by atoms with van der Waals surface area (Å²) in [5.74, 6) is 0.0719. The molecule has 0 saturated heterocycles. The number of thiophene rings is 1. The molecule has 2 N–H and O–H groups in total. The van der Waals surface area contributed by atoms with E-state index in [0.29, 0.717) is 5.82 Å². The van der Waals surface area contributed by atoms with Gasteiger partial charge in [0.15, 0.2) is 0 Å². The van der Waals surface area contributed by atoms with Crippen molar-refractivity contribution < 1.29 is 9.90 Å². The number of aromatic nitrogens is 3. The number of rotatable bonds is 5. The van der Waals surface area contributed by atoms with Gasteiger partial charge in [-0.1, -0.05) is 6.07 Å². The van der Waals surface area contributed by atoms with Crippen LogP contribution in [0.5, 0.6) is 0 Å². The van der Waals surface area contributed by atoms with E-state index in [-0.39, 0.29) is 24.3 Å². The minimum atomic E-state index is -0.399. The van der Waals surface area contributed by atoms with Crippen LogP contribution >= 0.6 is 11.3 Å². The lowest BCUT2D eigenvalue weighted by atomic mass is 10.2. The summed E-state index contributed by atoms with van der Waals surface area (Å²) in [4.78, 5) is 25.0. The van der Waals surface area contributed by atoms with Crippen molar-refractivity contribution in [2.75, 3.05) is 11.9 Å². The van der Waals surface area contributed by atoms with Crippen LogP contribution in [-0.4, -0.2) is 32.0 Å². The number of amides is 1. The molecule has 3 aromatic rings. The summed E-state index contributed by atoms with van der Waals surface area (Å²) in [6.45, 7) is 0.165. The third-order valence-corrected chi connectivity index (χ3v) is 4.37. The molecular formula is C16H16N4O3S. The number of nitrogens with zero attached hydrogens (tertiary/aromatic N) is 3. The summed E-state index contributed by atoms with van der Waals surface area (Å²) in [6.07, 6.45) is 1.54. The minimum absolute atomic E-state index is 0.0969. The zero-order valence-electron chi connectivity index (χ0n) is 13.0. The Bertz CT molecular complexity index is 912. The maximum atomic E-state index is 12.4. The molecule has 0 saturated carbocycles. The molecule has 0 aromatic carbocycles. The molecule has 0 bridgehead atoms. The molecule has 3 heterocycles. The molecular weight excluding hydrogens is 328 g/mol. The van der Waals surface area contributed by atoms with Gasteiger partial charge in [0.25, 0.3) is 11.5 Å². The van der Waals surface area contributed by atoms with Gasteiger partial charge in [-0.3, -0.25) is 9.59 Å². The van der Waals surface area contributed by atoms with E-state index in [1.807, 2.05) is 17.5 Å². The van der Waals surface area contributed by atoms with Gasteiger partial charge >= 0.3 is 0 Å². The molecule has 24 heavy (non-hydrogen) atoms. The standard InChI is InChI=1S/C16H16N4O3S/c1-19-5-4-11(9-15(19)22)16(23)17-14-10-12(13-3-2-8-24-13)18-20(14)6-7-21/h2-5,8-10,21H,6-7H2,1H3,(H,17,23). The van der Waals surface area contributed by atoms with Gasteiger partial charge in [0.1, 0.15) is 11.5 Å². The van der Waals surface area contributed by atoms with Crippen molar-refractivity contribution in [3.05, 3.63) is 57.8 Å². The molecule has 7 nitrogen and oxygen atoms in total. The van der Waals surface area contributed by atoms with Crippen LogP contribution < -0.4 is 10.9 Å². The summed E-state index contributed by atoms with van der Waals surface area (Å²) < 4.78 is 2.93. The molecule has 0 radical (unpaired) electrons. The molecule has 8 heteroatoms. The van der Waals surface area contributed by atoms with E-state index < -0.39 is 5.91 Å². The maximum Gasteiger partial charge on any atom is 0.257 e. The molecule has 0 unspecified atom stereocenters. The summed E-state index contributed by atoms with van der Waals surface area (Å²) in [7, 11) is 1.62. The van der Waals surface area contributed by atoms with Crippen molar-refractivity contribution in [1.29, 1.82) is 0 Å². The van der Waals surface area contributed by atoms with E-state index in [0.717, 1.165) is 10.6 Å². The fourth-order valence-electron chi connectivity index (χ4n) is 2.21. The fourth-order valence-corrected chi connectivity index (χ4v) is 2.89. The number of aliphatic hydroxyl groups excluding tert-OH is 1. The zero-order chi connectivity index (χ0) is 17.1. The third-order valence-electron chi connectivity index (χ3n) is 3.47. The third kappa shape index (κ3) is 3.29. The Kier molecular flexibility index (Phi) is 4.59. The highest BCUT2D eigenvalue weighted by atomic mass is 32.1. The van der Waals surface area contributed by atoms with Crippen LogP contribution in [-0.2, 0) is 13.6 Å². The first-order chi connectivity index (χ1) is 11.6. The van der Waals surface area contributed by atoms with Crippen LogP contribution in [0.2, 0.25) is 0 Å². The lowest BCUT2D eigenvalue weighted by Gasteiger charge is -2.07. The average molecular weight is 344 g/mol. The SMILES string of the molecule is Cn1ccc(C(=O)Nc2cc(-c3cccs3)nn2CCO)cc1=O. The van der Waals surface area contributed by atoms with Crippen LogP contribution in [0.1, 0.15) is 10.4 Å². The number of hydrogen-bond donors (Lipinski definition) is 2. The van der Waals surface area contributed by atoms with E-state index in [4.69, 9.17) is 0 Å². The Labute approximate surface area is 141 Å². The van der Waals surface area contributed by atoms with E-state index in [2.05, 4.69) is 10.4 Å². The minimum Gasteiger partial charge on any atom is -0.394 e. The Hall–Kier alpha value is -2.71. The molecule has 0 spiro atoms. The number of anilines is 1. The second-order valence-corrected chi connectivity index (χ2v) is 6.11. The van der Waals surface area contributed by atoms with Gasteiger partial charge in [0, 0.05) is 30.9 Å². The molecule has 124 valence electrons. The summed E-state index contributed by atoms with van der Waals surface area (Å²) >= 11 is 1.54. The quantitative estimate of drug-likeness (QED) is 0.735. The topological polar surface area (TPSA) is 89.2 Å². The normalized spacial score (nSPS) is 10.8. The van der Waals surface area contributed by atoms with Crippen LogP contribution in [0, 0.1) is 0 Å². The van der Waals surface area contributed by atoms with Crippen molar-refractivity contribution in [2.24, 2.45) is 7.05 Å². The lowest BCUT2D eigenvalue weighted by Crippen LogP contribution is -2.21. The van der Waals surface area contributed by atoms with Crippen molar-refractivity contribution in [3.8, 4) is 10.6 Å². The molecule has 0 fully saturated rings. The van der Waals surface area contributed by atoms with Gasteiger partial charge in [0.2, 0.25) is 0 Å². The Morgan fingerprint density at radius 2 is 2.21 bits per heavy atom. The van der Waals surface area contributed by atoms with Crippen LogP contribution in [0.15, 0.2) is 46.7 Å². The van der Waals surface area contributed by atoms with E-state index in [9.17, 15) is 14.7 Å². The molecule has 0 atom stereocenters. The number of aryl methyl sites for hydroxylation is 1. The summed E-state index contributed by atoms with van der Waals surface area (Å²) in [6, 6.07) is 8.46. The highest BCUT2D eigenvalue weighted by molar-refractivity contribution is 7.13. The number of nitrogens with one attached hydrogen (secondary N) is 1. The zero-order valence-corrected chi connectivity index (χ0v) is 13.8. The van der Waals surface area contributed by atoms with Crippen LogP contribution in [0.3, 0.4) is 0 Å². The molecule has 3 rings (SSSR count). The first-order valence-corrected chi connectivity index (χ1v) is 8.17. The van der Waals surface area contributed by atoms with Gasteiger partial charge in [-0.15, -0.1) is 11.3 Å². The summed E-state index contributed by atoms with van der Waals surface area (Å²) in [5, 5.41) is 18.3. The first kappa shape index (κ1) is 16.2. The first-order valence-electron chi connectivity index (χ1n) is 7.29. The van der Waals surface area contributed by atoms with E-state index in [1.165, 1.54) is 26.7 Å². The molecule has 0 aliphatic heterocycles. The summed E-state index contributed by atoms with van der Waals surface area (Å²) in [5.41, 5.74) is 0.732. The predicted molar refractivity (Wildman–Crippen MR) is 92.3 cm³/mol. The van der Waals surface area contributed by atoms with Crippen molar-refractivity contribution in [1.82, 2.24) is 14.3 Å². The number of aliphatic hydroxyl groups is 1. The van der Waals surface area contributed by atoms with Crippen LogP contribution in [0.25, 0.3) is 10.6 Å². The highest BCUT2D eigenvalue weighted by Gasteiger charge is 2.14. The van der Waals surface area contributed by atoms with E-state index >= 15 is 0 Å². The van der Waals surface area contributed by atoms with Gasteiger partial charge in [-0.25, -0.2) is 4.68 Å². The van der Waals surface area contributed by atoms with Crippen LogP contribution in [0.4, 0.5) is 5.82 Å². The molecule has 0 aliphatic rings. The largest absolute Gasteiger partial charge is 0.394 e. The lowest BCUT2D eigenvalue weighted by molar-refractivity contribution is 0.102. The molecule has 3 aromatic heterocycles. The average Bonchev–Trinajstić information content (AvgIpc) is 3.20. The maximum absolute atomic E-state index is 12.4. The molecule has 1 amide bonds. The molecule has 0 aliphatic carbocycles. The fraction of sp³-hybridized carbons (Fsp3) is 0.188. The monoisotopic (exact) mass is 344 g/mol. The van der Waals surface area contributed by atoms with Gasteiger partial charge < -0.3 is 15.0 Å².